The van der Waals surface area contributed by atoms with Crippen molar-refractivity contribution in [3.05, 3.63) is 63.6 Å². The Morgan fingerprint density at radius 2 is 2.05 bits per heavy atom. The summed E-state index contributed by atoms with van der Waals surface area (Å²) in [5, 5.41) is 10.5. The van der Waals surface area contributed by atoms with Gasteiger partial charge in [0, 0.05) is 29.1 Å². The molecule has 0 radical (unpaired) electrons. The molecule has 1 aromatic carbocycles. The molecule has 0 fully saturated rings. The summed E-state index contributed by atoms with van der Waals surface area (Å²) in [6, 6.07) is 7.29. The van der Waals surface area contributed by atoms with Gasteiger partial charge < -0.3 is 9.52 Å². The van der Waals surface area contributed by atoms with E-state index in [2.05, 4.69) is 4.98 Å². The summed E-state index contributed by atoms with van der Waals surface area (Å²) in [5.74, 6) is 0.497. The summed E-state index contributed by atoms with van der Waals surface area (Å²) < 4.78 is 6.01. The summed E-state index contributed by atoms with van der Waals surface area (Å²) in [7, 11) is 0. The number of nitrogens with zero attached hydrogens (tertiary/aromatic N) is 1. The predicted octanol–water partition coefficient (Wildman–Crippen LogP) is 3.53. The zero-order chi connectivity index (χ0) is 15.9. The van der Waals surface area contributed by atoms with Gasteiger partial charge in [-0.25, -0.2) is 0 Å². The monoisotopic (exact) mass is 295 g/mol. The molecule has 3 rings (SSSR count). The van der Waals surface area contributed by atoms with Crippen molar-refractivity contribution in [3.63, 3.8) is 0 Å². The number of aliphatic hydroxyl groups excluding tert-OH is 1. The van der Waals surface area contributed by atoms with Crippen LogP contribution < -0.4 is 5.43 Å². The third-order valence-corrected chi connectivity index (χ3v) is 3.77. The first-order valence-electron chi connectivity index (χ1n) is 7.15. The Kier molecular flexibility index (Phi) is 3.54. The number of rotatable bonds is 2. The van der Waals surface area contributed by atoms with Crippen LogP contribution >= 0.6 is 0 Å². The van der Waals surface area contributed by atoms with Crippen molar-refractivity contribution >= 4 is 11.0 Å². The molecule has 4 heteroatoms. The summed E-state index contributed by atoms with van der Waals surface area (Å²) in [6.45, 7) is 5.31. The van der Waals surface area contributed by atoms with Crippen LogP contribution in [0.1, 0.15) is 29.7 Å². The second kappa shape index (κ2) is 5.39. The fourth-order valence-electron chi connectivity index (χ4n) is 2.65. The third-order valence-electron chi connectivity index (χ3n) is 3.77. The number of aromatic nitrogens is 1. The molecule has 0 bridgehead atoms. The van der Waals surface area contributed by atoms with Gasteiger partial charge in [-0.15, -0.1) is 0 Å². The van der Waals surface area contributed by atoms with E-state index in [-0.39, 0.29) is 5.43 Å². The summed E-state index contributed by atoms with van der Waals surface area (Å²) >= 11 is 0. The Morgan fingerprint density at radius 1 is 1.27 bits per heavy atom. The van der Waals surface area contributed by atoms with Gasteiger partial charge in [0.1, 0.15) is 11.3 Å². The number of hydrogen-bond donors (Lipinski definition) is 1. The molecule has 0 aliphatic rings. The highest BCUT2D eigenvalue weighted by atomic mass is 16.3. The van der Waals surface area contributed by atoms with Gasteiger partial charge in [0.25, 0.3) is 0 Å². The Morgan fingerprint density at radius 3 is 2.68 bits per heavy atom. The summed E-state index contributed by atoms with van der Waals surface area (Å²) in [5.41, 5.74) is 3.20. The Hall–Kier alpha value is -2.46. The van der Waals surface area contributed by atoms with E-state index in [1.54, 1.807) is 38.4 Å². The molecule has 0 saturated carbocycles. The van der Waals surface area contributed by atoms with E-state index < -0.39 is 6.10 Å². The summed E-state index contributed by atoms with van der Waals surface area (Å²) in [6.07, 6.45) is 2.62. The molecule has 22 heavy (non-hydrogen) atoms. The van der Waals surface area contributed by atoms with E-state index in [1.165, 1.54) is 0 Å². The number of benzene rings is 1. The average molecular weight is 295 g/mol. The van der Waals surface area contributed by atoms with Crippen molar-refractivity contribution in [1.29, 1.82) is 0 Å². The largest absolute Gasteiger partial charge is 0.455 e. The van der Waals surface area contributed by atoms with Gasteiger partial charge >= 0.3 is 0 Å². The van der Waals surface area contributed by atoms with Crippen LogP contribution in [0.25, 0.3) is 22.3 Å². The van der Waals surface area contributed by atoms with Gasteiger partial charge in [-0.1, -0.05) is 0 Å². The standard InChI is InChI=1S/C18H17NO3/c1-10-7-14(12(3)20)18-15(8-10)16(21)11(2)17(22-18)13-5-4-6-19-9-13/h4-9,12,20H,1-3H3. The van der Waals surface area contributed by atoms with Crippen molar-refractivity contribution in [2.45, 2.75) is 26.9 Å². The number of aryl methyl sites for hydroxylation is 1. The molecule has 112 valence electrons. The predicted molar refractivity (Wildman–Crippen MR) is 85.8 cm³/mol. The normalized spacial score (nSPS) is 12.5. The van der Waals surface area contributed by atoms with Crippen molar-refractivity contribution < 1.29 is 9.52 Å². The van der Waals surface area contributed by atoms with Gasteiger partial charge in [-0.3, -0.25) is 9.78 Å². The van der Waals surface area contributed by atoms with E-state index >= 15 is 0 Å². The molecule has 2 aromatic heterocycles. The second-order valence-corrected chi connectivity index (χ2v) is 5.53. The minimum Gasteiger partial charge on any atom is -0.455 e. The zero-order valence-electron chi connectivity index (χ0n) is 12.8. The second-order valence-electron chi connectivity index (χ2n) is 5.53. The molecule has 3 aromatic rings. The molecular formula is C18H17NO3. The van der Waals surface area contributed by atoms with Crippen LogP contribution in [-0.2, 0) is 0 Å². The molecule has 1 unspecified atom stereocenters. The molecule has 0 aliphatic heterocycles. The van der Waals surface area contributed by atoms with Crippen LogP contribution in [0.3, 0.4) is 0 Å². The molecule has 2 heterocycles. The van der Waals surface area contributed by atoms with E-state index in [1.807, 2.05) is 19.1 Å². The number of fused-ring (bicyclic) bond motifs is 1. The van der Waals surface area contributed by atoms with Crippen LogP contribution in [-0.4, -0.2) is 10.1 Å². The highest BCUT2D eigenvalue weighted by Crippen LogP contribution is 2.30. The topological polar surface area (TPSA) is 63.3 Å². The van der Waals surface area contributed by atoms with E-state index in [4.69, 9.17) is 4.42 Å². The van der Waals surface area contributed by atoms with Gasteiger partial charge in [0.15, 0.2) is 5.43 Å². The highest BCUT2D eigenvalue weighted by Gasteiger charge is 2.17. The third kappa shape index (κ3) is 2.31. The van der Waals surface area contributed by atoms with Gasteiger partial charge in [-0.05, 0) is 50.6 Å². The zero-order valence-corrected chi connectivity index (χ0v) is 12.8. The lowest BCUT2D eigenvalue weighted by Gasteiger charge is -2.12. The van der Waals surface area contributed by atoms with Crippen molar-refractivity contribution in [3.8, 4) is 11.3 Å². The van der Waals surface area contributed by atoms with E-state index in [0.717, 1.165) is 11.1 Å². The SMILES string of the molecule is Cc1cc(C(C)O)c2oc(-c3cccnc3)c(C)c(=O)c2c1. The Bertz CT molecular complexity index is 896. The lowest BCUT2D eigenvalue weighted by molar-refractivity contribution is 0.199. The lowest BCUT2D eigenvalue weighted by Crippen LogP contribution is -2.09. The highest BCUT2D eigenvalue weighted by molar-refractivity contribution is 5.84. The van der Waals surface area contributed by atoms with Crippen LogP contribution in [0.2, 0.25) is 0 Å². The maximum atomic E-state index is 12.7. The van der Waals surface area contributed by atoms with E-state index in [9.17, 15) is 9.90 Å². The van der Waals surface area contributed by atoms with Crippen LogP contribution in [0, 0.1) is 13.8 Å². The first kappa shape index (κ1) is 14.5. The van der Waals surface area contributed by atoms with Crippen molar-refractivity contribution in [2.75, 3.05) is 0 Å². The van der Waals surface area contributed by atoms with E-state index in [0.29, 0.717) is 27.9 Å². The van der Waals surface area contributed by atoms with Crippen molar-refractivity contribution in [1.82, 2.24) is 4.98 Å². The fourth-order valence-corrected chi connectivity index (χ4v) is 2.65. The lowest BCUT2D eigenvalue weighted by atomic mass is 10.0. The molecule has 0 amide bonds. The van der Waals surface area contributed by atoms with Crippen LogP contribution in [0.5, 0.6) is 0 Å². The maximum absolute atomic E-state index is 12.7. The maximum Gasteiger partial charge on any atom is 0.196 e. The molecule has 4 nitrogen and oxygen atoms in total. The Balaban J connectivity index is 2.43. The quantitative estimate of drug-likeness (QED) is 0.785. The number of pyridine rings is 1. The summed E-state index contributed by atoms with van der Waals surface area (Å²) in [4.78, 5) is 16.8. The van der Waals surface area contributed by atoms with Crippen molar-refractivity contribution in [2.24, 2.45) is 0 Å². The van der Waals surface area contributed by atoms with Gasteiger partial charge in [-0.2, -0.15) is 0 Å². The van der Waals surface area contributed by atoms with Crippen LogP contribution in [0.15, 0.2) is 45.9 Å². The first-order valence-corrected chi connectivity index (χ1v) is 7.15. The minimum absolute atomic E-state index is 0.0781. The minimum atomic E-state index is -0.713. The molecular weight excluding hydrogens is 278 g/mol. The average Bonchev–Trinajstić information content (AvgIpc) is 2.51. The Labute approximate surface area is 128 Å². The van der Waals surface area contributed by atoms with Gasteiger partial charge in [0.2, 0.25) is 0 Å². The molecule has 0 aliphatic carbocycles. The van der Waals surface area contributed by atoms with Gasteiger partial charge in [0.05, 0.1) is 11.5 Å². The molecule has 1 N–H and O–H groups in total. The fraction of sp³-hybridized carbons (Fsp3) is 0.222. The molecule has 1 atom stereocenters. The first-order chi connectivity index (χ1) is 10.5. The smallest absolute Gasteiger partial charge is 0.196 e. The number of aliphatic hydroxyl groups is 1. The van der Waals surface area contributed by atoms with Crippen LogP contribution in [0.4, 0.5) is 0 Å². The molecule has 0 spiro atoms. The molecule has 0 saturated heterocycles. The number of hydrogen-bond acceptors (Lipinski definition) is 4.